The molecular formula is C24H24N2O3S. The topological polar surface area (TPSA) is 50.8 Å². The molecule has 1 aromatic heterocycles. The quantitative estimate of drug-likeness (QED) is 0.572. The van der Waals surface area contributed by atoms with Gasteiger partial charge in [-0.25, -0.2) is 0 Å². The summed E-state index contributed by atoms with van der Waals surface area (Å²) in [4.78, 5) is 16.4. The van der Waals surface area contributed by atoms with Gasteiger partial charge < -0.3 is 19.7 Å². The van der Waals surface area contributed by atoms with Crippen LogP contribution in [0, 0.1) is 0 Å². The van der Waals surface area contributed by atoms with Crippen molar-refractivity contribution in [3.63, 3.8) is 0 Å². The number of carbonyl (C=O) groups excluding carboxylic acids is 1. The smallest absolute Gasteiger partial charge is 0.248 e. The number of benzene rings is 2. The summed E-state index contributed by atoms with van der Waals surface area (Å²) in [5.41, 5.74) is 4.00. The highest BCUT2D eigenvalue weighted by Crippen LogP contribution is 2.32. The first-order valence-electron chi connectivity index (χ1n) is 9.78. The van der Waals surface area contributed by atoms with Crippen molar-refractivity contribution >= 4 is 34.7 Å². The lowest BCUT2D eigenvalue weighted by atomic mass is 10.1. The summed E-state index contributed by atoms with van der Waals surface area (Å²) in [5.74, 6) is 1.19. The molecule has 5 nitrogen and oxygen atoms in total. The highest BCUT2D eigenvalue weighted by atomic mass is 32.1. The third-order valence-electron chi connectivity index (χ3n) is 5.16. The molecule has 1 aliphatic heterocycles. The van der Waals surface area contributed by atoms with Crippen molar-refractivity contribution < 1.29 is 14.3 Å². The van der Waals surface area contributed by atoms with E-state index in [0.29, 0.717) is 11.5 Å². The maximum atomic E-state index is 12.6. The number of para-hydroxylation sites is 2. The van der Waals surface area contributed by atoms with Gasteiger partial charge in [0.05, 0.1) is 25.6 Å². The molecule has 1 N–H and O–H groups in total. The third-order valence-corrected chi connectivity index (χ3v) is 6.18. The summed E-state index contributed by atoms with van der Waals surface area (Å²) in [6.45, 7) is 1.81. The number of nitrogens with one attached hydrogen (secondary N) is 1. The average Bonchev–Trinajstić information content (AvgIpc) is 3.25. The Morgan fingerprint density at radius 2 is 2.00 bits per heavy atom. The number of nitrogens with zero attached hydrogens (tertiary/aromatic N) is 1. The molecule has 1 amide bonds. The minimum absolute atomic E-state index is 0.194. The Balaban J connectivity index is 1.50. The van der Waals surface area contributed by atoms with Gasteiger partial charge in [0, 0.05) is 29.6 Å². The maximum Gasteiger partial charge on any atom is 0.248 e. The molecule has 0 atom stereocenters. The SMILES string of the molecule is COc1ccc(OC)c(/C=C/C(=O)Nc2ccccc2N2CCc3sccc3C2)c1. The van der Waals surface area contributed by atoms with E-state index in [-0.39, 0.29) is 5.91 Å². The van der Waals surface area contributed by atoms with Crippen molar-refractivity contribution in [2.24, 2.45) is 0 Å². The van der Waals surface area contributed by atoms with Crippen molar-refractivity contribution in [1.29, 1.82) is 0 Å². The van der Waals surface area contributed by atoms with Gasteiger partial charge in [0.25, 0.3) is 0 Å². The third kappa shape index (κ3) is 4.33. The Labute approximate surface area is 180 Å². The van der Waals surface area contributed by atoms with E-state index in [1.807, 2.05) is 47.7 Å². The Bertz CT molecular complexity index is 1070. The molecule has 0 unspecified atom stereocenters. The van der Waals surface area contributed by atoms with Crippen molar-refractivity contribution in [2.45, 2.75) is 13.0 Å². The molecule has 2 heterocycles. The maximum absolute atomic E-state index is 12.6. The van der Waals surface area contributed by atoms with Crippen LogP contribution in [0.5, 0.6) is 11.5 Å². The standard InChI is InChI=1S/C24H24N2O3S/c1-28-19-8-9-22(29-2)17(15-19)7-10-24(27)25-20-5-3-4-6-21(20)26-13-11-23-18(16-26)12-14-30-23/h3-10,12,14-15H,11,13,16H2,1-2H3,(H,25,27)/b10-7+. The van der Waals surface area contributed by atoms with Gasteiger partial charge in [-0.1, -0.05) is 12.1 Å². The van der Waals surface area contributed by atoms with Crippen molar-refractivity contribution in [1.82, 2.24) is 0 Å². The van der Waals surface area contributed by atoms with E-state index < -0.39 is 0 Å². The normalized spacial score (nSPS) is 13.2. The molecule has 0 aliphatic carbocycles. The second-order valence-electron chi connectivity index (χ2n) is 6.99. The minimum Gasteiger partial charge on any atom is -0.497 e. The molecule has 6 heteroatoms. The molecule has 30 heavy (non-hydrogen) atoms. The van der Waals surface area contributed by atoms with Crippen LogP contribution in [0.2, 0.25) is 0 Å². The van der Waals surface area contributed by atoms with Gasteiger partial charge in [-0.3, -0.25) is 4.79 Å². The molecule has 0 fully saturated rings. The summed E-state index contributed by atoms with van der Waals surface area (Å²) in [5, 5.41) is 5.18. The van der Waals surface area contributed by atoms with Crippen LogP contribution in [0.3, 0.4) is 0 Å². The lowest BCUT2D eigenvalue weighted by Gasteiger charge is -2.30. The van der Waals surface area contributed by atoms with E-state index in [4.69, 9.17) is 9.47 Å². The zero-order valence-electron chi connectivity index (χ0n) is 17.1. The average molecular weight is 421 g/mol. The number of anilines is 2. The van der Waals surface area contributed by atoms with Gasteiger partial charge in [-0.05, 0) is 59.8 Å². The van der Waals surface area contributed by atoms with Gasteiger partial charge in [0.1, 0.15) is 11.5 Å². The summed E-state index contributed by atoms with van der Waals surface area (Å²) in [6, 6.07) is 15.6. The molecule has 4 rings (SSSR count). The van der Waals surface area contributed by atoms with E-state index in [9.17, 15) is 4.79 Å². The number of methoxy groups -OCH3 is 2. The minimum atomic E-state index is -0.194. The number of carbonyl (C=O) groups is 1. The molecule has 0 saturated carbocycles. The van der Waals surface area contributed by atoms with Crippen molar-refractivity contribution in [3.05, 3.63) is 76.0 Å². The van der Waals surface area contributed by atoms with Crippen LogP contribution in [-0.4, -0.2) is 26.7 Å². The fraction of sp³-hybridized carbons (Fsp3) is 0.208. The molecule has 0 saturated heterocycles. The van der Waals surface area contributed by atoms with Crippen molar-refractivity contribution in [3.8, 4) is 11.5 Å². The van der Waals surface area contributed by atoms with E-state index in [1.54, 1.807) is 20.3 Å². The second-order valence-corrected chi connectivity index (χ2v) is 7.99. The number of hydrogen-bond donors (Lipinski definition) is 1. The van der Waals surface area contributed by atoms with Gasteiger partial charge in [-0.15, -0.1) is 11.3 Å². The molecule has 2 aromatic carbocycles. The second kappa shape index (κ2) is 9.05. The van der Waals surface area contributed by atoms with E-state index >= 15 is 0 Å². The van der Waals surface area contributed by atoms with Gasteiger partial charge in [0.15, 0.2) is 0 Å². The largest absolute Gasteiger partial charge is 0.497 e. The first-order valence-corrected chi connectivity index (χ1v) is 10.7. The number of fused-ring (bicyclic) bond motifs is 1. The Morgan fingerprint density at radius 1 is 1.13 bits per heavy atom. The zero-order chi connectivity index (χ0) is 20.9. The highest BCUT2D eigenvalue weighted by molar-refractivity contribution is 7.10. The van der Waals surface area contributed by atoms with Crippen LogP contribution < -0.4 is 19.7 Å². The fourth-order valence-corrected chi connectivity index (χ4v) is 4.51. The fourth-order valence-electron chi connectivity index (χ4n) is 3.62. The number of rotatable bonds is 6. The van der Waals surface area contributed by atoms with Crippen LogP contribution in [0.25, 0.3) is 6.08 Å². The monoisotopic (exact) mass is 420 g/mol. The number of amides is 1. The van der Waals surface area contributed by atoms with Crippen LogP contribution in [0.15, 0.2) is 60.0 Å². The Morgan fingerprint density at radius 3 is 2.83 bits per heavy atom. The predicted molar refractivity (Wildman–Crippen MR) is 123 cm³/mol. The summed E-state index contributed by atoms with van der Waals surface area (Å²) >= 11 is 1.82. The van der Waals surface area contributed by atoms with Gasteiger partial charge in [0.2, 0.25) is 5.91 Å². The summed E-state index contributed by atoms with van der Waals surface area (Å²) < 4.78 is 10.6. The molecule has 0 radical (unpaired) electrons. The number of thiophene rings is 1. The van der Waals surface area contributed by atoms with E-state index in [1.165, 1.54) is 16.5 Å². The van der Waals surface area contributed by atoms with Crippen LogP contribution >= 0.6 is 11.3 Å². The van der Waals surface area contributed by atoms with Crippen LogP contribution in [0.4, 0.5) is 11.4 Å². The summed E-state index contributed by atoms with van der Waals surface area (Å²) in [6.07, 6.45) is 4.28. The molecular weight excluding hydrogens is 396 g/mol. The molecule has 0 bridgehead atoms. The first kappa shape index (κ1) is 20.0. The molecule has 3 aromatic rings. The van der Waals surface area contributed by atoms with Crippen LogP contribution in [0.1, 0.15) is 16.0 Å². The highest BCUT2D eigenvalue weighted by Gasteiger charge is 2.19. The number of hydrogen-bond acceptors (Lipinski definition) is 5. The van der Waals surface area contributed by atoms with Gasteiger partial charge in [-0.2, -0.15) is 0 Å². The zero-order valence-corrected chi connectivity index (χ0v) is 17.9. The van der Waals surface area contributed by atoms with E-state index in [2.05, 4.69) is 27.7 Å². The lowest BCUT2D eigenvalue weighted by Crippen LogP contribution is -2.30. The first-order chi connectivity index (χ1) is 14.7. The lowest BCUT2D eigenvalue weighted by molar-refractivity contribution is -0.111. The molecule has 0 spiro atoms. The Hall–Kier alpha value is -3.25. The van der Waals surface area contributed by atoms with E-state index in [0.717, 1.165) is 36.4 Å². The van der Waals surface area contributed by atoms with Gasteiger partial charge >= 0.3 is 0 Å². The molecule has 1 aliphatic rings. The van der Waals surface area contributed by atoms with Crippen molar-refractivity contribution in [2.75, 3.05) is 31.0 Å². The summed E-state index contributed by atoms with van der Waals surface area (Å²) in [7, 11) is 3.21. The predicted octanol–water partition coefficient (Wildman–Crippen LogP) is 4.98. The van der Waals surface area contributed by atoms with Crippen LogP contribution in [-0.2, 0) is 17.8 Å². The Kier molecular flexibility index (Phi) is 6.05. The number of ether oxygens (including phenoxy) is 2. The molecule has 154 valence electrons.